The van der Waals surface area contributed by atoms with Crippen molar-refractivity contribution in [2.45, 2.75) is 19.1 Å². The number of rotatable bonds is 5. The summed E-state index contributed by atoms with van der Waals surface area (Å²) < 4.78 is 18.5. The van der Waals surface area contributed by atoms with Gasteiger partial charge < -0.3 is 20.2 Å². The van der Waals surface area contributed by atoms with E-state index in [2.05, 4.69) is 10.6 Å². The van der Waals surface area contributed by atoms with E-state index in [1.165, 1.54) is 12.1 Å². The summed E-state index contributed by atoms with van der Waals surface area (Å²) >= 11 is 0. The van der Waals surface area contributed by atoms with Crippen molar-refractivity contribution >= 4 is 17.0 Å². The van der Waals surface area contributed by atoms with E-state index in [-0.39, 0.29) is 18.9 Å². The van der Waals surface area contributed by atoms with Crippen molar-refractivity contribution in [3.63, 3.8) is 0 Å². The average Bonchev–Trinajstić information content (AvgIpc) is 3.05. The summed E-state index contributed by atoms with van der Waals surface area (Å²) in [6, 6.07) is 14.6. The molecule has 0 aliphatic rings. The van der Waals surface area contributed by atoms with Gasteiger partial charge in [0.1, 0.15) is 22.8 Å². The molecule has 0 aliphatic carbocycles. The van der Waals surface area contributed by atoms with Gasteiger partial charge in [-0.1, -0.05) is 30.3 Å². The van der Waals surface area contributed by atoms with Crippen LogP contribution >= 0.6 is 0 Å². The highest BCUT2D eigenvalue weighted by Crippen LogP contribution is 2.27. The third kappa shape index (κ3) is 4.16. The Morgan fingerprint density at radius 1 is 1.16 bits per heavy atom. The lowest BCUT2D eigenvalue weighted by atomic mass is 10.0. The zero-order valence-corrected chi connectivity index (χ0v) is 13.8. The summed E-state index contributed by atoms with van der Waals surface area (Å²) in [5.41, 5.74) is 0.116. The van der Waals surface area contributed by atoms with E-state index < -0.39 is 11.6 Å². The molecule has 3 rings (SSSR count). The molecule has 1 heterocycles. The minimum absolute atomic E-state index is 0.0118. The maximum atomic E-state index is 12.8. The Kier molecular flexibility index (Phi) is 4.72. The molecule has 2 aromatic carbocycles. The summed E-state index contributed by atoms with van der Waals surface area (Å²) in [5, 5.41) is 16.7. The molecule has 0 spiro atoms. The van der Waals surface area contributed by atoms with E-state index in [0.717, 1.165) is 10.9 Å². The first-order valence-electron chi connectivity index (χ1n) is 7.92. The summed E-state index contributed by atoms with van der Waals surface area (Å²) in [7, 11) is 0. The van der Waals surface area contributed by atoms with Crippen molar-refractivity contribution in [2.75, 3.05) is 6.54 Å². The van der Waals surface area contributed by atoms with Gasteiger partial charge in [-0.3, -0.25) is 0 Å². The summed E-state index contributed by atoms with van der Waals surface area (Å²) in [6.07, 6.45) is 0. The van der Waals surface area contributed by atoms with Crippen LogP contribution < -0.4 is 10.6 Å². The second-order valence-corrected chi connectivity index (χ2v) is 6.09. The molecule has 6 heteroatoms. The van der Waals surface area contributed by atoms with Gasteiger partial charge in [-0.05, 0) is 36.8 Å². The number of halogens is 1. The Hall–Kier alpha value is -2.86. The summed E-state index contributed by atoms with van der Waals surface area (Å²) in [4.78, 5) is 11.9. The van der Waals surface area contributed by atoms with Crippen molar-refractivity contribution < 1.29 is 18.7 Å². The van der Waals surface area contributed by atoms with Crippen LogP contribution in [-0.2, 0) is 12.1 Å². The van der Waals surface area contributed by atoms with Crippen LogP contribution in [0.5, 0.6) is 0 Å². The zero-order chi connectivity index (χ0) is 17.9. The van der Waals surface area contributed by atoms with Gasteiger partial charge >= 0.3 is 6.03 Å². The number of nitrogens with one attached hydrogen (secondary N) is 2. The molecule has 0 radical (unpaired) electrons. The third-order valence-electron chi connectivity index (χ3n) is 3.92. The molecular weight excluding hydrogens is 323 g/mol. The van der Waals surface area contributed by atoms with Crippen LogP contribution in [0.15, 0.2) is 59.0 Å². The normalized spacial score (nSPS) is 13.4. The molecule has 0 saturated heterocycles. The van der Waals surface area contributed by atoms with Crippen molar-refractivity contribution in [2.24, 2.45) is 0 Å². The lowest BCUT2D eigenvalue weighted by Gasteiger charge is -2.21. The molecule has 0 fully saturated rings. The van der Waals surface area contributed by atoms with Gasteiger partial charge in [0.2, 0.25) is 0 Å². The molecule has 130 valence electrons. The molecule has 3 N–H and O–H groups in total. The van der Waals surface area contributed by atoms with Gasteiger partial charge in [0.05, 0.1) is 6.54 Å². The number of benzene rings is 2. The Bertz CT molecular complexity index is 839. The van der Waals surface area contributed by atoms with E-state index in [1.807, 2.05) is 24.3 Å². The Morgan fingerprint density at radius 3 is 2.60 bits per heavy atom. The lowest BCUT2D eigenvalue weighted by molar-refractivity contribution is 0.0383. The third-order valence-corrected chi connectivity index (χ3v) is 3.92. The van der Waals surface area contributed by atoms with Crippen LogP contribution in [0.1, 0.15) is 18.2 Å². The fourth-order valence-electron chi connectivity index (χ4n) is 2.43. The summed E-state index contributed by atoms with van der Waals surface area (Å²) in [5.74, 6) is 0.0580. The number of aliphatic hydroxyl groups is 1. The molecule has 25 heavy (non-hydrogen) atoms. The van der Waals surface area contributed by atoms with Crippen LogP contribution in [0.25, 0.3) is 11.0 Å². The summed E-state index contributed by atoms with van der Waals surface area (Å²) in [6.45, 7) is 1.83. The van der Waals surface area contributed by atoms with Crippen molar-refractivity contribution in [1.29, 1.82) is 0 Å². The number of hydrogen-bond acceptors (Lipinski definition) is 3. The maximum Gasteiger partial charge on any atom is 0.315 e. The van der Waals surface area contributed by atoms with Gasteiger partial charge in [-0.2, -0.15) is 0 Å². The van der Waals surface area contributed by atoms with Crippen LogP contribution in [0.3, 0.4) is 0 Å². The van der Waals surface area contributed by atoms with Crippen molar-refractivity contribution in [1.82, 2.24) is 10.6 Å². The molecule has 1 aromatic heterocycles. The number of hydrogen-bond donors (Lipinski definition) is 3. The van der Waals surface area contributed by atoms with Crippen LogP contribution in [-0.4, -0.2) is 17.7 Å². The number of amides is 2. The zero-order valence-electron chi connectivity index (χ0n) is 13.8. The minimum Gasteiger partial charge on any atom is -0.458 e. The fraction of sp³-hybridized carbons (Fsp3) is 0.211. The number of urea groups is 1. The smallest absolute Gasteiger partial charge is 0.315 e. The molecule has 1 atom stereocenters. The van der Waals surface area contributed by atoms with Crippen LogP contribution in [0.4, 0.5) is 9.18 Å². The number of para-hydroxylation sites is 1. The minimum atomic E-state index is -1.34. The maximum absolute atomic E-state index is 12.8. The Labute approximate surface area is 144 Å². The molecule has 5 nitrogen and oxygen atoms in total. The molecule has 3 aromatic rings. The van der Waals surface area contributed by atoms with Gasteiger partial charge in [0.15, 0.2) is 0 Å². The van der Waals surface area contributed by atoms with E-state index >= 15 is 0 Å². The Morgan fingerprint density at radius 2 is 1.88 bits per heavy atom. The average molecular weight is 342 g/mol. The first kappa shape index (κ1) is 17.0. The van der Waals surface area contributed by atoms with Gasteiger partial charge in [-0.15, -0.1) is 0 Å². The van der Waals surface area contributed by atoms with Gasteiger partial charge in [0.25, 0.3) is 0 Å². The largest absolute Gasteiger partial charge is 0.458 e. The number of fused-ring (bicyclic) bond motifs is 1. The lowest BCUT2D eigenvalue weighted by Crippen LogP contribution is -2.43. The number of carbonyl (C=O) groups excluding carboxylic acids is 1. The first-order valence-corrected chi connectivity index (χ1v) is 7.92. The van der Waals surface area contributed by atoms with Gasteiger partial charge in [0, 0.05) is 11.9 Å². The fourth-order valence-corrected chi connectivity index (χ4v) is 2.43. The second kappa shape index (κ2) is 6.94. The highest BCUT2D eigenvalue weighted by atomic mass is 19.1. The molecular formula is C19H19FN2O3. The molecule has 0 bridgehead atoms. The monoisotopic (exact) mass is 342 g/mol. The number of furan rings is 1. The highest BCUT2D eigenvalue weighted by molar-refractivity contribution is 5.78. The van der Waals surface area contributed by atoms with Crippen LogP contribution in [0.2, 0.25) is 0 Å². The van der Waals surface area contributed by atoms with E-state index in [9.17, 15) is 14.3 Å². The van der Waals surface area contributed by atoms with E-state index in [0.29, 0.717) is 11.3 Å². The van der Waals surface area contributed by atoms with E-state index in [1.54, 1.807) is 25.1 Å². The van der Waals surface area contributed by atoms with Crippen LogP contribution in [0, 0.1) is 5.82 Å². The Balaban J connectivity index is 1.55. The molecule has 0 aliphatic heterocycles. The van der Waals surface area contributed by atoms with Gasteiger partial charge in [-0.25, -0.2) is 9.18 Å². The molecule has 0 unspecified atom stereocenters. The van der Waals surface area contributed by atoms with Crippen molar-refractivity contribution in [3.8, 4) is 0 Å². The molecule has 0 saturated carbocycles. The first-order chi connectivity index (χ1) is 11.9. The second-order valence-electron chi connectivity index (χ2n) is 6.09. The SMILES string of the molecule is C[C@@](O)(CNC(=O)NCc1ccc(F)cc1)c1cc2ccccc2o1. The predicted octanol–water partition coefficient (Wildman–Crippen LogP) is 3.28. The molecule has 2 amide bonds. The number of carbonyl (C=O) groups is 1. The van der Waals surface area contributed by atoms with E-state index in [4.69, 9.17) is 4.42 Å². The van der Waals surface area contributed by atoms with Crippen molar-refractivity contribution in [3.05, 3.63) is 71.7 Å². The standard InChI is InChI=1S/C19H19FN2O3/c1-19(24,17-10-14-4-2-3-5-16(14)25-17)12-22-18(23)21-11-13-6-8-15(20)9-7-13/h2-10,24H,11-12H2,1H3,(H2,21,22,23)/t19-/m1/s1. The topological polar surface area (TPSA) is 74.5 Å². The highest BCUT2D eigenvalue weighted by Gasteiger charge is 2.28. The quantitative estimate of drug-likeness (QED) is 0.666. The predicted molar refractivity (Wildman–Crippen MR) is 92.4 cm³/mol.